The molecule has 14 heavy (non-hydrogen) atoms. The number of nitrogens with zero attached hydrogens (tertiary/aromatic N) is 1. The van der Waals surface area contributed by atoms with Crippen LogP contribution in [0.15, 0.2) is 0 Å². The molecule has 82 valence electrons. The first kappa shape index (κ1) is 10.3. The minimum Gasteiger partial charge on any atom is -0.367 e. The first-order valence-corrected chi connectivity index (χ1v) is 5.18. The molecule has 0 aromatic rings. The Morgan fingerprint density at radius 3 is 2.36 bits per heavy atom. The van der Waals surface area contributed by atoms with Crippen LogP contribution in [-0.4, -0.2) is 42.2 Å². The second-order valence-electron chi connectivity index (χ2n) is 4.83. The summed E-state index contributed by atoms with van der Waals surface area (Å²) in [6, 6.07) is 0.167. The molecule has 1 heterocycles. The van der Waals surface area contributed by atoms with E-state index in [0.717, 1.165) is 12.8 Å². The number of hydrogen-bond donors (Lipinski definition) is 0. The third-order valence-corrected chi connectivity index (χ3v) is 3.05. The van der Waals surface area contributed by atoms with E-state index in [2.05, 4.69) is 0 Å². The van der Waals surface area contributed by atoms with Crippen LogP contribution in [0.25, 0.3) is 0 Å². The molecule has 0 amide bonds. The van der Waals surface area contributed by atoms with Gasteiger partial charge in [-0.3, -0.25) is 4.90 Å². The normalized spacial score (nSPS) is 30.6. The third-order valence-electron chi connectivity index (χ3n) is 3.05. The first-order valence-electron chi connectivity index (χ1n) is 5.18. The number of hydrogen-bond acceptors (Lipinski definition) is 2. The van der Waals surface area contributed by atoms with Gasteiger partial charge in [0.25, 0.3) is 5.92 Å². The molecule has 0 aromatic heterocycles. The Bertz CT molecular complexity index is 218. The maximum Gasteiger partial charge on any atom is 0.283 e. The summed E-state index contributed by atoms with van der Waals surface area (Å²) in [7, 11) is 0. The van der Waals surface area contributed by atoms with Crippen LogP contribution in [0, 0.1) is 0 Å². The Hall–Kier alpha value is -0.220. The molecule has 2 fully saturated rings. The Morgan fingerprint density at radius 2 is 1.86 bits per heavy atom. The number of alkyl halides is 2. The summed E-state index contributed by atoms with van der Waals surface area (Å²) in [5, 5.41) is 0. The van der Waals surface area contributed by atoms with Crippen molar-refractivity contribution in [3.8, 4) is 0 Å². The Labute approximate surface area is 83.2 Å². The Balaban J connectivity index is 2.09. The fraction of sp³-hybridized carbons (Fsp3) is 1.00. The highest BCUT2D eigenvalue weighted by Gasteiger charge is 2.51. The number of rotatable bonds is 1. The molecule has 0 aromatic carbocycles. The highest BCUT2D eigenvalue weighted by atomic mass is 19.3. The lowest BCUT2D eigenvalue weighted by molar-refractivity contribution is -0.0883. The predicted molar refractivity (Wildman–Crippen MR) is 49.6 cm³/mol. The molecule has 2 nitrogen and oxygen atoms in total. The largest absolute Gasteiger partial charge is 0.367 e. The highest BCUT2D eigenvalue weighted by Crippen LogP contribution is 2.43. The Kier molecular flexibility index (Phi) is 2.31. The summed E-state index contributed by atoms with van der Waals surface area (Å²) in [6.45, 7) is 4.01. The molecule has 0 radical (unpaired) electrons. The third kappa shape index (κ3) is 2.06. The lowest BCUT2D eigenvalue weighted by Gasteiger charge is -2.28. The summed E-state index contributed by atoms with van der Waals surface area (Å²) in [5.41, 5.74) is -0.232. The minimum atomic E-state index is -2.68. The summed E-state index contributed by atoms with van der Waals surface area (Å²) in [6.07, 6.45) is 1.87. The topological polar surface area (TPSA) is 12.5 Å². The van der Waals surface area contributed by atoms with E-state index >= 15 is 0 Å². The quantitative estimate of drug-likeness (QED) is 0.648. The molecule has 0 atom stereocenters. The van der Waals surface area contributed by atoms with E-state index in [1.165, 1.54) is 0 Å². The average Bonchev–Trinajstić information content (AvgIpc) is 2.82. The van der Waals surface area contributed by atoms with Gasteiger partial charge in [-0.05, 0) is 26.7 Å². The van der Waals surface area contributed by atoms with Crippen LogP contribution in [0.5, 0.6) is 0 Å². The molecule has 1 saturated heterocycles. The van der Waals surface area contributed by atoms with Gasteiger partial charge in [0.1, 0.15) is 6.61 Å². The van der Waals surface area contributed by atoms with E-state index in [0.29, 0.717) is 6.54 Å². The molecule has 0 bridgehead atoms. The van der Waals surface area contributed by atoms with Gasteiger partial charge in [0, 0.05) is 12.6 Å². The van der Waals surface area contributed by atoms with Crippen molar-refractivity contribution in [2.24, 2.45) is 0 Å². The summed E-state index contributed by atoms with van der Waals surface area (Å²) in [5.74, 6) is -2.68. The number of ether oxygens (including phenoxy) is 1. The average molecular weight is 205 g/mol. The van der Waals surface area contributed by atoms with Gasteiger partial charge in [0.15, 0.2) is 0 Å². The van der Waals surface area contributed by atoms with Crippen molar-refractivity contribution in [3.05, 3.63) is 0 Å². The van der Waals surface area contributed by atoms with Gasteiger partial charge in [0.05, 0.1) is 12.1 Å². The van der Waals surface area contributed by atoms with E-state index in [1.807, 2.05) is 18.7 Å². The maximum absolute atomic E-state index is 13.3. The van der Waals surface area contributed by atoms with E-state index in [-0.39, 0.29) is 18.2 Å². The molecular weight excluding hydrogens is 188 g/mol. The standard InChI is InChI=1S/C10H17F2NO/c1-8(2)13-5-9(3-4-9)14-7-10(11,12)6-13/h8H,3-7H2,1-2H3. The van der Waals surface area contributed by atoms with Crippen molar-refractivity contribution in [1.29, 1.82) is 0 Å². The molecule has 1 saturated carbocycles. The SMILES string of the molecule is CC(C)N1CC(F)(F)COC2(CC2)C1. The molecule has 2 rings (SSSR count). The lowest BCUT2D eigenvalue weighted by atomic mass is 10.2. The van der Waals surface area contributed by atoms with E-state index in [4.69, 9.17) is 4.74 Å². The fourth-order valence-corrected chi connectivity index (χ4v) is 1.88. The van der Waals surface area contributed by atoms with Crippen molar-refractivity contribution >= 4 is 0 Å². The highest BCUT2D eigenvalue weighted by molar-refractivity contribution is 5.01. The van der Waals surface area contributed by atoms with E-state index in [9.17, 15) is 8.78 Å². The molecule has 0 unspecified atom stereocenters. The van der Waals surface area contributed by atoms with Crippen LogP contribution in [0.3, 0.4) is 0 Å². The zero-order valence-electron chi connectivity index (χ0n) is 8.72. The summed E-state index contributed by atoms with van der Waals surface area (Å²) in [4.78, 5) is 1.83. The van der Waals surface area contributed by atoms with Crippen LogP contribution in [0.1, 0.15) is 26.7 Å². The van der Waals surface area contributed by atoms with Crippen LogP contribution in [0.2, 0.25) is 0 Å². The van der Waals surface area contributed by atoms with Gasteiger partial charge in [0.2, 0.25) is 0 Å². The van der Waals surface area contributed by atoms with Gasteiger partial charge in [-0.2, -0.15) is 0 Å². The van der Waals surface area contributed by atoms with Gasteiger partial charge in [-0.1, -0.05) is 0 Å². The Morgan fingerprint density at radius 1 is 1.21 bits per heavy atom. The predicted octanol–water partition coefficient (Wildman–Crippen LogP) is 1.89. The zero-order valence-corrected chi connectivity index (χ0v) is 8.72. The van der Waals surface area contributed by atoms with E-state index < -0.39 is 12.5 Å². The van der Waals surface area contributed by atoms with Crippen LogP contribution < -0.4 is 0 Å². The second kappa shape index (κ2) is 3.14. The molecule has 1 aliphatic carbocycles. The molecule has 1 spiro atoms. The molecule has 0 N–H and O–H groups in total. The molecule has 4 heteroatoms. The van der Waals surface area contributed by atoms with Gasteiger partial charge < -0.3 is 4.74 Å². The van der Waals surface area contributed by atoms with Gasteiger partial charge >= 0.3 is 0 Å². The van der Waals surface area contributed by atoms with Crippen molar-refractivity contribution < 1.29 is 13.5 Å². The smallest absolute Gasteiger partial charge is 0.283 e. The summed E-state index contributed by atoms with van der Waals surface area (Å²) < 4.78 is 31.9. The maximum atomic E-state index is 13.3. The van der Waals surface area contributed by atoms with Crippen molar-refractivity contribution in [2.75, 3.05) is 19.7 Å². The van der Waals surface area contributed by atoms with Gasteiger partial charge in [-0.15, -0.1) is 0 Å². The van der Waals surface area contributed by atoms with Crippen LogP contribution in [-0.2, 0) is 4.74 Å². The monoisotopic (exact) mass is 205 g/mol. The second-order valence-corrected chi connectivity index (χ2v) is 4.83. The lowest BCUT2D eigenvalue weighted by Crippen LogP contribution is -2.42. The minimum absolute atomic E-state index is 0.160. The van der Waals surface area contributed by atoms with Crippen molar-refractivity contribution in [2.45, 2.75) is 44.3 Å². The van der Waals surface area contributed by atoms with Crippen molar-refractivity contribution in [1.82, 2.24) is 4.90 Å². The van der Waals surface area contributed by atoms with Gasteiger partial charge in [-0.25, -0.2) is 8.78 Å². The first-order chi connectivity index (χ1) is 6.43. The van der Waals surface area contributed by atoms with E-state index in [1.54, 1.807) is 0 Å². The summed E-state index contributed by atoms with van der Waals surface area (Å²) >= 11 is 0. The molecule has 1 aliphatic heterocycles. The number of halogens is 2. The molecule has 2 aliphatic rings. The van der Waals surface area contributed by atoms with Crippen LogP contribution in [0.4, 0.5) is 8.78 Å². The molecular formula is C10H17F2NO. The fourth-order valence-electron chi connectivity index (χ4n) is 1.88. The van der Waals surface area contributed by atoms with Crippen LogP contribution >= 0.6 is 0 Å². The van der Waals surface area contributed by atoms with Crippen molar-refractivity contribution in [3.63, 3.8) is 0 Å². The zero-order chi connectivity index (χ0) is 10.4.